The van der Waals surface area contributed by atoms with E-state index in [1.165, 1.54) is 23.5 Å². The number of hydrogen-bond donors (Lipinski definition) is 2. The molecule has 0 aromatic rings. The molecule has 184 valence electrons. The van der Waals surface area contributed by atoms with Gasteiger partial charge in [-0.2, -0.15) is 0 Å². The van der Waals surface area contributed by atoms with E-state index in [-0.39, 0.29) is 29.2 Å². The molecule has 0 spiro atoms. The zero-order valence-corrected chi connectivity index (χ0v) is 21.4. The first-order valence-corrected chi connectivity index (χ1v) is 13.4. The number of carbonyl (C=O) groups is 4. The van der Waals surface area contributed by atoms with E-state index in [0.29, 0.717) is 29.8 Å². The lowest BCUT2D eigenvalue weighted by molar-refractivity contribution is -0.137. The molecular weight excluding hydrogens is 464 g/mol. The summed E-state index contributed by atoms with van der Waals surface area (Å²) in [5.74, 6) is -1.87. The highest BCUT2D eigenvalue weighted by Crippen LogP contribution is 2.22. The highest BCUT2D eigenvalue weighted by Gasteiger charge is 2.34. The second-order valence-electron chi connectivity index (χ2n) is 7.98. The maximum Gasteiger partial charge on any atom is 0.253 e. The van der Waals surface area contributed by atoms with Gasteiger partial charge in [0.1, 0.15) is 5.92 Å². The van der Waals surface area contributed by atoms with E-state index in [4.69, 9.17) is 0 Å². The third-order valence-electron chi connectivity index (χ3n) is 5.49. The Morgan fingerprint density at radius 2 is 1.30 bits per heavy atom. The molecule has 2 saturated heterocycles. The van der Waals surface area contributed by atoms with E-state index in [2.05, 4.69) is 21.1 Å². The quantitative estimate of drug-likeness (QED) is 0.314. The molecule has 1 atom stereocenters. The Hall–Kier alpha value is -2.08. The third-order valence-corrected chi connectivity index (χ3v) is 7.41. The molecule has 0 aromatic heterocycles. The van der Waals surface area contributed by atoms with Crippen LogP contribution in [0.4, 0.5) is 0 Å². The molecule has 2 N–H and O–H groups in total. The number of carbonyl (C=O) groups excluding carboxylic acids is 4. The van der Waals surface area contributed by atoms with Gasteiger partial charge in [-0.25, -0.2) is 10.9 Å². The van der Waals surface area contributed by atoms with Gasteiger partial charge in [-0.15, -0.1) is 10.2 Å². The maximum atomic E-state index is 12.9. The lowest BCUT2D eigenvalue weighted by Gasteiger charge is -2.21. The summed E-state index contributed by atoms with van der Waals surface area (Å²) in [6, 6.07) is 0. The van der Waals surface area contributed by atoms with Crippen LogP contribution in [0.25, 0.3) is 0 Å². The number of nitrogens with zero attached hydrogens (tertiary/aromatic N) is 4. The van der Waals surface area contributed by atoms with Crippen molar-refractivity contribution >= 4 is 57.5 Å². The highest BCUT2D eigenvalue weighted by molar-refractivity contribution is 8.15. The third kappa shape index (κ3) is 7.46. The first kappa shape index (κ1) is 27.2. The summed E-state index contributed by atoms with van der Waals surface area (Å²) < 4.78 is 0. The van der Waals surface area contributed by atoms with Crippen LogP contribution < -0.4 is 10.9 Å². The summed E-state index contributed by atoms with van der Waals surface area (Å²) in [4.78, 5) is 53.0. The van der Waals surface area contributed by atoms with Crippen LogP contribution in [-0.2, 0) is 19.2 Å². The number of thioether (sulfide) groups is 2. The number of hydrogen-bond acceptors (Lipinski definition) is 8. The van der Waals surface area contributed by atoms with Gasteiger partial charge >= 0.3 is 0 Å². The Balaban J connectivity index is 2.07. The first-order valence-electron chi connectivity index (χ1n) is 11.4. The molecule has 2 heterocycles. The molecule has 2 rings (SSSR count). The van der Waals surface area contributed by atoms with Crippen LogP contribution in [0.3, 0.4) is 0 Å². The van der Waals surface area contributed by atoms with Gasteiger partial charge in [-0.1, -0.05) is 70.5 Å². The standard InChI is InChI=1S/C21H34N6O4S2/c1-5-8-10-26-15(28)12-32-20(26)24-22-18(30)17(14(4)7-3)19(31)23-25-21-27(11-9-6-2)16(29)13-33-21/h14,17H,5-13H2,1-4H3,(H,22,30)(H,23,31)/b24-20+,25-21+. The number of rotatable bonds is 12. The summed E-state index contributed by atoms with van der Waals surface area (Å²) in [5.41, 5.74) is 4.95. The van der Waals surface area contributed by atoms with Crippen LogP contribution in [0.1, 0.15) is 59.8 Å². The largest absolute Gasteiger partial charge is 0.289 e. The lowest BCUT2D eigenvalue weighted by atomic mass is 9.90. The summed E-state index contributed by atoms with van der Waals surface area (Å²) in [5, 5.41) is 9.15. The van der Waals surface area contributed by atoms with Crippen LogP contribution in [0.2, 0.25) is 0 Å². The Morgan fingerprint density at radius 3 is 1.67 bits per heavy atom. The minimum atomic E-state index is -1.01. The van der Waals surface area contributed by atoms with Gasteiger partial charge in [0.05, 0.1) is 11.5 Å². The number of nitrogens with one attached hydrogen (secondary N) is 2. The number of amidine groups is 2. The van der Waals surface area contributed by atoms with E-state index >= 15 is 0 Å². The van der Waals surface area contributed by atoms with E-state index in [9.17, 15) is 19.2 Å². The van der Waals surface area contributed by atoms with Crippen molar-refractivity contribution in [1.29, 1.82) is 0 Å². The van der Waals surface area contributed by atoms with Crippen molar-refractivity contribution in [2.45, 2.75) is 59.8 Å². The molecule has 0 aromatic carbocycles. The fourth-order valence-electron chi connectivity index (χ4n) is 3.25. The van der Waals surface area contributed by atoms with Crippen LogP contribution >= 0.6 is 23.5 Å². The summed E-state index contributed by atoms with van der Waals surface area (Å²) >= 11 is 2.54. The average Bonchev–Trinajstić information content (AvgIpc) is 3.34. The molecule has 0 radical (unpaired) electrons. The summed E-state index contributed by atoms with van der Waals surface area (Å²) in [7, 11) is 0. The van der Waals surface area contributed by atoms with Crippen molar-refractivity contribution < 1.29 is 19.2 Å². The average molecular weight is 499 g/mol. The predicted octanol–water partition coefficient (Wildman–Crippen LogP) is 2.17. The summed E-state index contributed by atoms with van der Waals surface area (Å²) in [6.07, 6.45) is 4.16. The zero-order valence-electron chi connectivity index (χ0n) is 19.8. The smallest absolute Gasteiger partial charge is 0.253 e. The van der Waals surface area contributed by atoms with Crippen LogP contribution in [0, 0.1) is 11.8 Å². The van der Waals surface area contributed by atoms with E-state index in [0.717, 1.165) is 25.7 Å². The second-order valence-corrected chi connectivity index (χ2v) is 9.86. The van der Waals surface area contributed by atoms with Gasteiger partial charge in [0.15, 0.2) is 10.3 Å². The van der Waals surface area contributed by atoms with Crippen molar-refractivity contribution in [3.8, 4) is 0 Å². The van der Waals surface area contributed by atoms with Crippen LogP contribution in [0.5, 0.6) is 0 Å². The van der Waals surface area contributed by atoms with Crippen molar-refractivity contribution in [3.05, 3.63) is 0 Å². The number of amides is 4. The minimum absolute atomic E-state index is 0.0373. The van der Waals surface area contributed by atoms with Crippen LogP contribution in [-0.4, -0.2) is 68.4 Å². The second kappa shape index (κ2) is 13.6. The van der Waals surface area contributed by atoms with Crippen molar-refractivity contribution in [2.75, 3.05) is 24.6 Å². The minimum Gasteiger partial charge on any atom is -0.289 e. The topological polar surface area (TPSA) is 124 Å². The highest BCUT2D eigenvalue weighted by atomic mass is 32.2. The van der Waals surface area contributed by atoms with E-state index < -0.39 is 17.7 Å². The number of hydrazone groups is 2. The molecule has 2 aliphatic heterocycles. The van der Waals surface area contributed by atoms with Crippen molar-refractivity contribution in [2.24, 2.45) is 22.0 Å². The molecule has 2 aliphatic rings. The molecule has 0 aliphatic carbocycles. The van der Waals surface area contributed by atoms with Gasteiger partial charge in [-0.05, 0) is 18.8 Å². The Bertz CT molecular complexity index is 744. The molecule has 0 bridgehead atoms. The van der Waals surface area contributed by atoms with E-state index in [1.807, 2.05) is 27.7 Å². The van der Waals surface area contributed by atoms with Gasteiger partial charge in [-0.3, -0.25) is 29.0 Å². The molecule has 12 heteroatoms. The zero-order chi connectivity index (χ0) is 24.4. The molecular formula is C21H34N6O4S2. The molecule has 0 saturated carbocycles. The molecule has 10 nitrogen and oxygen atoms in total. The van der Waals surface area contributed by atoms with Gasteiger partial charge in [0, 0.05) is 13.1 Å². The van der Waals surface area contributed by atoms with Crippen molar-refractivity contribution in [1.82, 2.24) is 20.7 Å². The van der Waals surface area contributed by atoms with Crippen LogP contribution in [0.15, 0.2) is 10.2 Å². The fraction of sp³-hybridized carbons (Fsp3) is 0.714. The Kier molecular flexibility index (Phi) is 11.2. The lowest BCUT2D eigenvalue weighted by Crippen LogP contribution is -2.43. The van der Waals surface area contributed by atoms with Gasteiger partial charge in [0.2, 0.25) is 11.8 Å². The Labute approximate surface area is 203 Å². The maximum absolute atomic E-state index is 12.9. The normalized spacial score (nSPS) is 19.8. The molecule has 1 unspecified atom stereocenters. The Morgan fingerprint density at radius 1 is 0.879 bits per heavy atom. The van der Waals surface area contributed by atoms with Crippen molar-refractivity contribution in [3.63, 3.8) is 0 Å². The predicted molar refractivity (Wildman–Crippen MR) is 132 cm³/mol. The number of unbranched alkanes of at least 4 members (excludes halogenated alkanes) is 2. The van der Waals surface area contributed by atoms with Gasteiger partial charge < -0.3 is 0 Å². The SMILES string of the molecule is CCCCN1C(=O)CS/C1=N/NC(=O)C(C(=O)N/N=C1/SCC(=O)N1CCCC)C(C)CC. The monoisotopic (exact) mass is 498 g/mol. The molecule has 4 amide bonds. The molecule has 33 heavy (non-hydrogen) atoms. The fourth-order valence-corrected chi connectivity index (χ4v) is 4.99. The first-order chi connectivity index (χ1) is 15.8. The van der Waals surface area contributed by atoms with Gasteiger partial charge in [0.25, 0.3) is 11.8 Å². The van der Waals surface area contributed by atoms with E-state index in [1.54, 1.807) is 9.80 Å². The molecule has 2 fully saturated rings. The summed E-state index contributed by atoms with van der Waals surface area (Å²) in [6.45, 7) is 8.88.